The Hall–Kier alpha value is -1.57. The highest BCUT2D eigenvalue weighted by atomic mass is 32.2. The summed E-state index contributed by atoms with van der Waals surface area (Å²) in [5.74, 6) is 1.51. The van der Waals surface area contributed by atoms with Gasteiger partial charge in [0.15, 0.2) is 5.82 Å². The molecule has 1 amide bonds. The summed E-state index contributed by atoms with van der Waals surface area (Å²) in [6.07, 6.45) is 2.76. The lowest BCUT2D eigenvalue weighted by atomic mass is 10.1. The topological polar surface area (TPSA) is 89.6 Å². The molecule has 0 aromatic carbocycles. The normalized spacial score (nSPS) is 18.0. The third kappa shape index (κ3) is 3.69. The standard InChI is InChI=1S/C11H16N4O3S/c1-3-7-4-8(17-14-7)11(16)12-5-10-13-9(6-19-2)15-18-10/h8H,3-6H2,1-2H3,(H,12,16). The maximum absolute atomic E-state index is 11.8. The molecule has 1 aliphatic heterocycles. The van der Waals surface area contributed by atoms with Crippen LogP contribution in [0.1, 0.15) is 31.5 Å². The van der Waals surface area contributed by atoms with E-state index in [1.54, 1.807) is 11.8 Å². The van der Waals surface area contributed by atoms with Crippen molar-refractivity contribution in [3.05, 3.63) is 11.7 Å². The third-order valence-electron chi connectivity index (χ3n) is 2.63. The molecule has 0 saturated carbocycles. The van der Waals surface area contributed by atoms with Gasteiger partial charge in [0.1, 0.15) is 0 Å². The molecule has 1 aromatic rings. The molecule has 0 fully saturated rings. The molecule has 1 aromatic heterocycles. The van der Waals surface area contributed by atoms with Crippen molar-refractivity contribution >= 4 is 23.4 Å². The molecule has 104 valence electrons. The summed E-state index contributed by atoms with van der Waals surface area (Å²) in [7, 11) is 0. The van der Waals surface area contributed by atoms with Crippen LogP contribution in [0.25, 0.3) is 0 Å². The van der Waals surface area contributed by atoms with Gasteiger partial charge >= 0.3 is 0 Å². The number of thioether (sulfide) groups is 1. The summed E-state index contributed by atoms with van der Waals surface area (Å²) < 4.78 is 5.01. The Morgan fingerprint density at radius 2 is 2.42 bits per heavy atom. The van der Waals surface area contributed by atoms with E-state index < -0.39 is 6.10 Å². The number of hydrogen-bond acceptors (Lipinski definition) is 7. The van der Waals surface area contributed by atoms with Gasteiger partial charge in [-0.3, -0.25) is 4.79 Å². The molecular weight excluding hydrogens is 268 g/mol. The first-order valence-electron chi connectivity index (χ1n) is 6.02. The van der Waals surface area contributed by atoms with Gasteiger partial charge in [0, 0.05) is 6.42 Å². The number of carbonyl (C=O) groups excluding carboxylic acids is 1. The van der Waals surface area contributed by atoms with E-state index >= 15 is 0 Å². The quantitative estimate of drug-likeness (QED) is 0.841. The Labute approximate surface area is 115 Å². The average Bonchev–Trinajstić information content (AvgIpc) is 3.05. The first-order chi connectivity index (χ1) is 9.22. The van der Waals surface area contributed by atoms with Crippen LogP contribution in [0.15, 0.2) is 9.68 Å². The van der Waals surface area contributed by atoms with Gasteiger partial charge in [0.05, 0.1) is 18.0 Å². The summed E-state index contributed by atoms with van der Waals surface area (Å²) in [5, 5.41) is 10.3. The summed E-state index contributed by atoms with van der Waals surface area (Å²) in [6.45, 7) is 2.19. The van der Waals surface area contributed by atoms with Crippen LogP contribution < -0.4 is 5.32 Å². The third-order valence-corrected chi connectivity index (χ3v) is 3.17. The number of rotatable bonds is 6. The smallest absolute Gasteiger partial charge is 0.264 e. The van der Waals surface area contributed by atoms with Crippen molar-refractivity contribution in [1.29, 1.82) is 0 Å². The van der Waals surface area contributed by atoms with E-state index in [4.69, 9.17) is 9.36 Å². The lowest BCUT2D eigenvalue weighted by Crippen LogP contribution is -2.34. The molecule has 1 unspecified atom stereocenters. The van der Waals surface area contributed by atoms with Crippen molar-refractivity contribution in [3.8, 4) is 0 Å². The molecule has 8 heteroatoms. The van der Waals surface area contributed by atoms with Crippen LogP contribution in [0.4, 0.5) is 0 Å². The van der Waals surface area contributed by atoms with Crippen LogP contribution in [-0.2, 0) is 21.9 Å². The van der Waals surface area contributed by atoms with Crippen LogP contribution in [0.2, 0.25) is 0 Å². The summed E-state index contributed by atoms with van der Waals surface area (Å²) in [4.78, 5) is 21.0. The number of carbonyl (C=O) groups is 1. The minimum Gasteiger partial charge on any atom is -0.382 e. The predicted octanol–water partition coefficient (Wildman–Crippen LogP) is 1.10. The molecule has 0 radical (unpaired) electrons. The molecule has 19 heavy (non-hydrogen) atoms. The minimum absolute atomic E-state index is 0.210. The summed E-state index contributed by atoms with van der Waals surface area (Å²) in [5.41, 5.74) is 0.903. The molecule has 7 nitrogen and oxygen atoms in total. The Kier molecular flexibility index (Phi) is 4.78. The van der Waals surface area contributed by atoms with Gasteiger partial charge in [-0.15, -0.1) is 0 Å². The zero-order valence-corrected chi connectivity index (χ0v) is 11.7. The number of hydrogen-bond donors (Lipinski definition) is 1. The van der Waals surface area contributed by atoms with Crippen LogP contribution in [0, 0.1) is 0 Å². The van der Waals surface area contributed by atoms with E-state index in [-0.39, 0.29) is 12.5 Å². The molecular formula is C11H16N4O3S. The summed E-state index contributed by atoms with van der Waals surface area (Å²) >= 11 is 1.61. The van der Waals surface area contributed by atoms with Crippen molar-refractivity contribution in [3.63, 3.8) is 0 Å². The fourth-order valence-corrected chi connectivity index (χ4v) is 1.98. The number of nitrogens with zero attached hydrogens (tertiary/aromatic N) is 3. The van der Waals surface area contributed by atoms with Gasteiger partial charge in [-0.25, -0.2) is 0 Å². The van der Waals surface area contributed by atoms with Crippen LogP contribution in [0.3, 0.4) is 0 Å². The Morgan fingerprint density at radius 3 is 3.11 bits per heavy atom. The number of aromatic nitrogens is 2. The van der Waals surface area contributed by atoms with Crippen LogP contribution >= 0.6 is 11.8 Å². The molecule has 0 spiro atoms. The maximum Gasteiger partial charge on any atom is 0.264 e. The van der Waals surface area contributed by atoms with Crippen molar-refractivity contribution in [2.24, 2.45) is 5.16 Å². The molecule has 0 bridgehead atoms. The van der Waals surface area contributed by atoms with Gasteiger partial charge in [-0.1, -0.05) is 17.2 Å². The number of amides is 1. The van der Waals surface area contributed by atoms with Gasteiger partial charge in [-0.05, 0) is 12.7 Å². The Morgan fingerprint density at radius 1 is 1.58 bits per heavy atom. The highest BCUT2D eigenvalue weighted by molar-refractivity contribution is 7.97. The fourth-order valence-electron chi connectivity index (χ4n) is 1.60. The molecule has 2 rings (SSSR count). The molecule has 0 aliphatic carbocycles. The number of nitrogens with one attached hydrogen (secondary N) is 1. The first kappa shape index (κ1) is 13.9. The zero-order valence-electron chi connectivity index (χ0n) is 10.9. The van der Waals surface area contributed by atoms with Gasteiger partial charge in [0.2, 0.25) is 12.0 Å². The largest absolute Gasteiger partial charge is 0.382 e. The Balaban J connectivity index is 1.77. The van der Waals surface area contributed by atoms with E-state index in [0.717, 1.165) is 12.1 Å². The average molecular weight is 284 g/mol. The molecule has 2 heterocycles. The minimum atomic E-state index is -0.538. The second kappa shape index (κ2) is 6.55. The van der Waals surface area contributed by atoms with Crippen LogP contribution in [-0.4, -0.2) is 34.1 Å². The predicted molar refractivity (Wildman–Crippen MR) is 70.6 cm³/mol. The second-order valence-corrected chi connectivity index (χ2v) is 4.93. The molecule has 1 atom stereocenters. The number of oxime groups is 1. The summed E-state index contributed by atoms with van der Waals surface area (Å²) in [6, 6.07) is 0. The van der Waals surface area contributed by atoms with Gasteiger partial charge in [-0.2, -0.15) is 16.7 Å². The SMILES string of the molecule is CCC1=NOC(C(=O)NCc2nc(CSC)no2)C1. The van der Waals surface area contributed by atoms with E-state index in [9.17, 15) is 4.79 Å². The highest BCUT2D eigenvalue weighted by Gasteiger charge is 2.27. The van der Waals surface area contributed by atoms with E-state index in [1.165, 1.54) is 0 Å². The maximum atomic E-state index is 11.8. The lowest BCUT2D eigenvalue weighted by molar-refractivity contribution is -0.131. The fraction of sp³-hybridized carbons (Fsp3) is 0.636. The first-order valence-corrected chi connectivity index (χ1v) is 7.42. The second-order valence-electron chi connectivity index (χ2n) is 4.06. The lowest BCUT2D eigenvalue weighted by Gasteiger charge is -2.07. The van der Waals surface area contributed by atoms with E-state index in [1.807, 2.05) is 13.2 Å². The zero-order chi connectivity index (χ0) is 13.7. The van der Waals surface area contributed by atoms with Gasteiger partial charge in [0.25, 0.3) is 5.91 Å². The van der Waals surface area contributed by atoms with Crippen molar-refractivity contribution in [1.82, 2.24) is 15.5 Å². The Bertz CT molecular complexity index is 474. The van der Waals surface area contributed by atoms with Crippen LogP contribution in [0.5, 0.6) is 0 Å². The van der Waals surface area contributed by atoms with Gasteiger partial charge < -0.3 is 14.7 Å². The van der Waals surface area contributed by atoms with Crippen molar-refractivity contribution in [2.45, 2.75) is 38.2 Å². The van der Waals surface area contributed by atoms with E-state index in [0.29, 0.717) is 23.9 Å². The molecule has 0 saturated heterocycles. The van der Waals surface area contributed by atoms with Crippen molar-refractivity contribution in [2.75, 3.05) is 6.26 Å². The highest BCUT2D eigenvalue weighted by Crippen LogP contribution is 2.12. The molecule has 1 N–H and O–H groups in total. The molecule has 1 aliphatic rings. The van der Waals surface area contributed by atoms with Crippen molar-refractivity contribution < 1.29 is 14.2 Å². The van der Waals surface area contributed by atoms with E-state index in [2.05, 4.69) is 20.6 Å². The monoisotopic (exact) mass is 284 g/mol.